The molecule has 0 saturated heterocycles. The summed E-state index contributed by atoms with van der Waals surface area (Å²) >= 11 is 2.90. The Hall–Kier alpha value is -0.620. The third kappa shape index (κ3) is 4.61. The Bertz CT molecular complexity index is 300. The summed E-state index contributed by atoms with van der Waals surface area (Å²) in [6.45, 7) is 6.74. The fourth-order valence-electron chi connectivity index (χ4n) is 0.867. The number of nitrogens with one attached hydrogen (secondary N) is 1. The van der Waals surface area contributed by atoms with Crippen LogP contribution in [0.2, 0.25) is 0 Å². The van der Waals surface area contributed by atoms with Gasteiger partial charge in [-0.25, -0.2) is 0 Å². The summed E-state index contributed by atoms with van der Waals surface area (Å²) in [7, 11) is 0. The molecule has 0 aliphatic rings. The van der Waals surface area contributed by atoms with Crippen molar-refractivity contribution >= 4 is 29.0 Å². The molecule has 0 aliphatic heterocycles. The lowest BCUT2D eigenvalue weighted by atomic mass is 10.2. The van der Waals surface area contributed by atoms with Crippen LogP contribution in [-0.2, 0) is 4.79 Å². The topological polar surface area (TPSA) is 54.9 Å². The van der Waals surface area contributed by atoms with Crippen LogP contribution in [0.4, 0.5) is 0 Å². The summed E-state index contributed by atoms with van der Waals surface area (Å²) in [6, 6.07) is 0. The lowest BCUT2D eigenvalue weighted by molar-refractivity contribution is -0.120. The third-order valence-corrected chi connectivity index (χ3v) is 3.58. The first kappa shape index (κ1) is 12.4. The highest BCUT2D eigenvalue weighted by molar-refractivity contribution is 8.02. The van der Waals surface area contributed by atoms with Crippen molar-refractivity contribution in [2.24, 2.45) is 5.92 Å². The fourth-order valence-corrected chi connectivity index (χ4v) is 2.52. The zero-order valence-electron chi connectivity index (χ0n) is 9.06. The lowest BCUT2D eigenvalue weighted by Gasteiger charge is -2.11. The van der Waals surface area contributed by atoms with Gasteiger partial charge >= 0.3 is 0 Å². The molecule has 4 nitrogen and oxygen atoms in total. The number of hydrogen-bond donors (Lipinski definition) is 1. The van der Waals surface area contributed by atoms with Gasteiger partial charge in [0, 0.05) is 6.54 Å². The number of nitrogens with zero attached hydrogens (tertiary/aromatic N) is 2. The maximum atomic E-state index is 11.6. The van der Waals surface area contributed by atoms with Crippen molar-refractivity contribution in [3.63, 3.8) is 0 Å². The van der Waals surface area contributed by atoms with Crippen molar-refractivity contribution in [1.29, 1.82) is 0 Å². The molecular weight excluding hydrogens is 230 g/mol. The Kier molecular flexibility index (Phi) is 5.04. The molecule has 0 saturated carbocycles. The normalized spacial score (nSPS) is 12.8. The first-order valence-electron chi connectivity index (χ1n) is 4.80. The smallest absolute Gasteiger partial charge is 0.233 e. The minimum absolute atomic E-state index is 0.0592. The molecule has 1 heterocycles. The second kappa shape index (κ2) is 6.07. The first-order chi connectivity index (χ1) is 7.09. The maximum Gasteiger partial charge on any atom is 0.233 e. The number of carbonyl (C=O) groups is 1. The average molecular weight is 245 g/mol. The van der Waals surface area contributed by atoms with E-state index in [2.05, 4.69) is 29.4 Å². The van der Waals surface area contributed by atoms with Crippen LogP contribution in [-0.4, -0.2) is 27.9 Å². The number of rotatable bonds is 5. The van der Waals surface area contributed by atoms with E-state index < -0.39 is 0 Å². The summed E-state index contributed by atoms with van der Waals surface area (Å²) < 4.78 is 0.835. The molecule has 0 aliphatic carbocycles. The summed E-state index contributed by atoms with van der Waals surface area (Å²) in [5.74, 6) is 0.538. The molecule has 1 amide bonds. The minimum atomic E-state index is -0.114. The van der Waals surface area contributed by atoms with Gasteiger partial charge in [0.1, 0.15) is 5.51 Å². The third-order valence-electron chi connectivity index (χ3n) is 1.67. The molecule has 15 heavy (non-hydrogen) atoms. The Balaban J connectivity index is 2.33. The Morgan fingerprint density at radius 3 is 2.87 bits per heavy atom. The molecule has 1 N–H and O–H groups in total. The Morgan fingerprint density at radius 1 is 1.60 bits per heavy atom. The summed E-state index contributed by atoms with van der Waals surface area (Å²) in [4.78, 5) is 11.6. The predicted octanol–water partition coefficient (Wildman–Crippen LogP) is 1.79. The van der Waals surface area contributed by atoms with E-state index in [1.165, 1.54) is 23.1 Å². The van der Waals surface area contributed by atoms with Crippen LogP contribution in [0, 0.1) is 5.92 Å². The van der Waals surface area contributed by atoms with E-state index in [4.69, 9.17) is 0 Å². The second-order valence-corrected chi connectivity index (χ2v) is 6.02. The van der Waals surface area contributed by atoms with Gasteiger partial charge in [-0.1, -0.05) is 36.9 Å². The lowest BCUT2D eigenvalue weighted by Crippen LogP contribution is -2.33. The fraction of sp³-hybridized carbons (Fsp3) is 0.667. The quantitative estimate of drug-likeness (QED) is 0.804. The van der Waals surface area contributed by atoms with Crippen LogP contribution in [0.15, 0.2) is 9.85 Å². The molecule has 0 bridgehead atoms. The van der Waals surface area contributed by atoms with Gasteiger partial charge in [0.2, 0.25) is 5.91 Å². The van der Waals surface area contributed by atoms with E-state index in [0.717, 1.165) is 10.9 Å². The predicted molar refractivity (Wildman–Crippen MR) is 63.1 cm³/mol. The highest BCUT2D eigenvalue weighted by atomic mass is 32.2. The Morgan fingerprint density at radius 2 is 2.33 bits per heavy atom. The highest BCUT2D eigenvalue weighted by Crippen LogP contribution is 2.23. The van der Waals surface area contributed by atoms with E-state index in [1.54, 1.807) is 5.51 Å². The molecule has 84 valence electrons. The summed E-state index contributed by atoms with van der Waals surface area (Å²) in [5, 5.41) is 10.4. The van der Waals surface area contributed by atoms with Crippen molar-refractivity contribution in [2.75, 3.05) is 6.54 Å². The number of amides is 1. The van der Waals surface area contributed by atoms with Crippen LogP contribution >= 0.6 is 23.1 Å². The van der Waals surface area contributed by atoms with Crippen LogP contribution in [0.3, 0.4) is 0 Å². The summed E-state index contributed by atoms with van der Waals surface area (Å²) in [6.07, 6.45) is 0. The van der Waals surface area contributed by atoms with E-state index in [-0.39, 0.29) is 11.2 Å². The van der Waals surface area contributed by atoms with Crippen LogP contribution < -0.4 is 5.32 Å². The maximum absolute atomic E-state index is 11.6. The van der Waals surface area contributed by atoms with Crippen molar-refractivity contribution in [2.45, 2.75) is 30.4 Å². The van der Waals surface area contributed by atoms with Crippen molar-refractivity contribution in [1.82, 2.24) is 15.5 Å². The van der Waals surface area contributed by atoms with Crippen LogP contribution in [0.5, 0.6) is 0 Å². The van der Waals surface area contributed by atoms with Gasteiger partial charge in [0.25, 0.3) is 0 Å². The zero-order valence-corrected chi connectivity index (χ0v) is 10.7. The number of hydrogen-bond acceptors (Lipinski definition) is 5. The van der Waals surface area contributed by atoms with Gasteiger partial charge in [0.15, 0.2) is 4.34 Å². The van der Waals surface area contributed by atoms with Gasteiger partial charge in [-0.3, -0.25) is 4.79 Å². The van der Waals surface area contributed by atoms with Crippen molar-refractivity contribution < 1.29 is 4.79 Å². The van der Waals surface area contributed by atoms with Crippen molar-refractivity contribution in [3.05, 3.63) is 5.51 Å². The molecule has 0 fully saturated rings. The molecule has 6 heteroatoms. The molecule has 1 aromatic rings. The largest absolute Gasteiger partial charge is 0.355 e. The van der Waals surface area contributed by atoms with E-state index in [1.807, 2.05) is 6.92 Å². The monoisotopic (exact) mass is 245 g/mol. The zero-order chi connectivity index (χ0) is 11.3. The van der Waals surface area contributed by atoms with Gasteiger partial charge in [-0.2, -0.15) is 0 Å². The number of carbonyl (C=O) groups excluding carboxylic acids is 1. The first-order valence-corrected chi connectivity index (χ1v) is 6.56. The molecule has 0 aromatic carbocycles. The van der Waals surface area contributed by atoms with Gasteiger partial charge in [-0.05, 0) is 12.8 Å². The standard InChI is InChI=1S/C9H15N3OS2/c1-6(2)4-10-8(13)7(3)15-9-12-11-5-14-9/h5-7H,4H2,1-3H3,(H,10,13)/t7-/m1/s1. The molecule has 0 spiro atoms. The van der Waals surface area contributed by atoms with Crippen molar-refractivity contribution in [3.8, 4) is 0 Å². The SMILES string of the molecule is CC(C)CNC(=O)[C@@H](C)Sc1nncs1. The number of aromatic nitrogens is 2. The van der Waals surface area contributed by atoms with E-state index >= 15 is 0 Å². The number of thioether (sulfide) groups is 1. The van der Waals surface area contributed by atoms with Crippen LogP contribution in [0.25, 0.3) is 0 Å². The second-order valence-electron chi connectivity index (χ2n) is 3.60. The average Bonchev–Trinajstić information content (AvgIpc) is 2.66. The van der Waals surface area contributed by atoms with Gasteiger partial charge in [0.05, 0.1) is 5.25 Å². The molecule has 0 radical (unpaired) electrons. The van der Waals surface area contributed by atoms with E-state index in [9.17, 15) is 4.79 Å². The minimum Gasteiger partial charge on any atom is -0.355 e. The van der Waals surface area contributed by atoms with Crippen LogP contribution in [0.1, 0.15) is 20.8 Å². The summed E-state index contributed by atoms with van der Waals surface area (Å²) in [5.41, 5.74) is 1.67. The molecule has 1 aromatic heterocycles. The molecule has 1 atom stereocenters. The van der Waals surface area contributed by atoms with Gasteiger partial charge in [-0.15, -0.1) is 10.2 Å². The Labute approximate surface area is 97.9 Å². The van der Waals surface area contributed by atoms with Gasteiger partial charge < -0.3 is 5.32 Å². The molecule has 1 rings (SSSR count). The molecular formula is C9H15N3OS2. The highest BCUT2D eigenvalue weighted by Gasteiger charge is 2.15. The molecule has 0 unspecified atom stereocenters. The van der Waals surface area contributed by atoms with E-state index in [0.29, 0.717) is 5.92 Å².